The normalized spacial score (nSPS) is 23.9. The van der Waals surface area contributed by atoms with E-state index in [0.29, 0.717) is 16.5 Å². The van der Waals surface area contributed by atoms with Crippen LogP contribution < -0.4 is 5.32 Å². The quantitative estimate of drug-likeness (QED) is 0.898. The van der Waals surface area contributed by atoms with Crippen LogP contribution in [0, 0.1) is 0 Å². The Hall–Kier alpha value is -0.770. The molecule has 0 spiro atoms. The lowest BCUT2D eigenvalue weighted by Gasteiger charge is -2.28. The van der Waals surface area contributed by atoms with Crippen molar-refractivity contribution in [2.75, 3.05) is 0 Å². The Labute approximate surface area is 116 Å². The van der Waals surface area contributed by atoms with E-state index in [9.17, 15) is 4.79 Å². The zero-order valence-electron chi connectivity index (χ0n) is 9.83. The first-order valence-corrected chi connectivity index (χ1v) is 6.74. The lowest BCUT2D eigenvalue weighted by molar-refractivity contribution is -0.140. The standard InChI is InChI=1S/C13H15Cl2NO2/c14-9-5-4-8(11(15)7-9)6-10-2-1-3-12(16-10)13(17)18/h4-5,7,10,12,16H,1-3,6H2,(H,17,18). The lowest BCUT2D eigenvalue weighted by Crippen LogP contribution is -2.47. The van der Waals surface area contributed by atoms with Crippen LogP contribution in [-0.2, 0) is 11.2 Å². The summed E-state index contributed by atoms with van der Waals surface area (Å²) < 4.78 is 0. The average Bonchev–Trinajstić information content (AvgIpc) is 2.33. The Bertz CT molecular complexity index is 451. The van der Waals surface area contributed by atoms with E-state index >= 15 is 0 Å². The molecule has 0 aromatic heterocycles. The molecule has 5 heteroatoms. The maximum Gasteiger partial charge on any atom is 0.320 e. The Morgan fingerprint density at radius 2 is 2.17 bits per heavy atom. The third-order valence-electron chi connectivity index (χ3n) is 3.26. The van der Waals surface area contributed by atoms with E-state index in [-0.39, 0.29) is 6.04 Å². The number of piperidine rings is 1. The van der Waals surface area contributed by atoms with Crippen molar-refractivity contribution in [1.29, 1.82) is 0 Å². The number of nitrogens with one attached hydrogen (secondary N) is 1. The summed E-state index contributed by atoms with van der Waals surface area (Å²) in [5.74, 6) is -0.776. The van der Waals surface area contributed by atoms with Gasteiger partial charge in [-0.05, 0) is 43.4 Å². The van der Waals surface area contributed by atoms with Gasteiger partial charge >= 0.3 is 5.97 Å². The fourth-order valence-corrected chi connectivity index (χ4v) is 2.81. The number of aliphatic carboxylic acids is 1. The first-order chi connectivity index (χ1) is 8.56. The van der Waals surface area contributed by atoms with E-state index in [1.54, 1.807) is 12.1 Å². The fraction of sp³-hybridized carbons (Fsp3) is 0.462. The van der Waals surface area contributed by atoms with Crippen LogP contribution in [0.25, 0.3) is 0 Å². The monoisotopic (exact) mass is 287 g/mol. The summed E-state index contributed by atoms with van der Waals surface area (Å²) in [4.78, 5) is 11.0. The van der Waals surface area contributed by atoms with E-state index in [1.165, 1.54) is 0 Å². The molecule has 0 amide bonds. The molecule has 1 aromatic carbocycles. The van der Waals surface area contributed by atoms with Crippen molar-refractivity contribution in [3.63, 3.8) is 0 Å². The van der Waals surface area contributed by atoms with Gasteiger partial charge in [0, 0.05) is 16.1 Å². The number of carboxylic acids is 1. The third-order valence-corrected chi connectivity index (χ3v) is 3.85. The average molecular weight is 288 g/mol. The van der Waals surface area contributed by atoms with Crippen LogP contribution in [0.2, 0.25) is 10.0 Å². The van der Waals surface area contributed by atoms with E-state index in [0.717, 1.165) is 24.8 Å². The van der Waals surface area contributed by atoms with Crippen molar-refractivity contribution < 1.29 is 9.90 Å². The van der Waals surface area contributed by atoms with Crippen molar-refractivity contribution in [2.45, 2.75) is 37.8 Å². The van der Waals surface area contributed by atoms with E-state index in [4.69, 9.17) is 28.3 Å². The number of carbonyl (C=O) groups is 1. The first-order valence-electron chi connectivity index (χ1n) is 5.99. The molecule has 0 aliphatic carbocycles. The van der Waals surface area contributed by atoms with Crippen LogP contribution in [0.15, 0.2) is 18.2 Å². The number of carboxylic acid groups (broad SMARTS) is 1. The molecule has 0 radical (unpaired) electrons. The topological polar surface area (TPSA) is 49.3 Å². The summed E-state index contributed by atoms with van der Waals surface area (Å²) in [5, 5.41) is 13.4. The highest BCUT2D eigenvalue weighted by Gasteiger charge is 2.26. The zero-order chi connectivity index (χ0) is 13.1. The largest absolute Gasteiger partial charge is 0.480 e. The highest BCUT2D eigenvalue weighted by atomic mass is 35.5. The molecule has 0 bridgehead atoms. The van der Waals surface area contributed by atoms with Gasteiger partial charge in [0.2, 0.25) is 0 Å². The number of hydrogen-bond donors (Lipinski definition) is 2. The van der Waals surface area contributed by atoms with Gasteiger partial charge in [0.1, 0.15) is 6.04 Å². The molecule has 0 saturated carbocycles. The highest BCUT2D eigenvalue weighted by molar-refractivity contribution is 6.35. The minimum atomic E-state index is -0.776. The van der Waals surface area contributed by atoms with Crippen LogP contribution in [0.4, 0.5) is 0 Å². The van der Waals surface area contributed by atoms with Crippen molar-refractivity contribution in [3.05, 3.63) is 33.8 Å². The molecule has 2 N–H and O–H groups in total. The van der Waals surface area contributed by atoms with Crippen LogP contribution in [0.5, 0.6) is 0 Å². The molecule has 2 atom stereocenters. The SMILES string of the molecule is O=C(O)C1CCCC(Cc2ccc(Cl)cc2Cl)N1. The molecular weight excluding hydrogens is 273 g/mol. The third kappa shape index (κ3) is 3.37. The summed E-state index contributed by atoms with van der Waals surface area (Å²) in [7, 11) is 0. The van der Waals surface area contributed by atoms with E-state index < -0.39 is 12.0 Å². The maximum atomic E-state index is 11.0. The van der Waals surface area contributed by atoms with Gasteiger partial charge in [0.05, 0.1) is 0 Å². The van der Waals surface area contributed by atoms with Gasteiger partial charge in [-0.15, -0.1) is 0 Å². The summed E-state index contributed by atoms with van der Waals surface area (Å²) >= 11 is 12.0. The Kier molecular flexibility index (Phi) is 4.49. The molecule has 1 aliphatic rings. The van der Waals surface area contributed by atoms with Gasteiger partial charge in [0.25, 0.3) is 0 Å². The lowest BCUT2D eigenvalue weighted by atomic mass is 9.94. The molecular formula is C13H15Cl2NO2. The Morgan fingerprint density at radius 3 is 2.83 bits per heavy atom. The minimum Gasteiger partial charge on any atom is -0.480 e. The summed E-state index contributed by atoms with van der Waals surface area (Å²) in [6.45, 7) is 0. The number of halogens is 2. The van der Waals surface area contributed by atoms with Crippen LogP contribution in [0.3, 0.4) is 0 Å². The van der Waals surface area contributed by atoms with Crippen LogP contribution in [0.1, 0.15) is 24.8 Å². The number of hydrogen-bond acceptors (Lipinski definition) is 2. The molecule has 2 unspecified atom stereocenters. The van der Waals surface area contributed by atoms with Crippen molar-refractivity contribution in [3.8, 4) is 0 Å². The summed E-state index contributed by atoms with van der Waals surface area (Å²) in [6.07, 6.45) is 3.34. The smallest absolute Gasteiger partial charge is 0.320 e. The molecule has 1 fully saturated rings. The molecule has 3 nitrogen and oxygen atoms in total. The van der Waals surface area contributed by atoms with Gasteiger partial charge in [-0.2, -0.15) is 0 Å². The van der Waals surface area contributed by atoms with Crippen molar-refractivity contribution in [2.24, 2.45) is 0 Å². The predicted octanol–water partition coefficient (Wildman–Crippen LogP) is 3.13. The van der Waals surface area contributed by atoms with Gasteiger partial charge in [-0.3, -0.25) is 4.79 Å². The molecule has 1 heterocycles. The molecule has 1 saturated heterocycles. The van der Waals surface area contributed by atoms with Gasteiger partial charge in [-0.1, -0.05) is 29.3 Å². The zero-order valence-corrected chi connectivity index (χ0v) is 11.3. The summed E-state index contributed by atoms with van der Waals surface area (Å²) in [5.41, 5.74) is 1.00. The Balaban J connectivity index is 2.02. The molecule has 2 rings (SSSR count). The molecule has 1 aromatic rings. The molecule has 1 aliphatic heterocycles. The Morgan fingerprint density at radius 1 is 1.39 bits per heavy atom. The van der Waals surface area contributed by atoms with Crippen molar-refractivity contribution >= 4 is 29.2 Å². The van der Waals surface area contributed by atoms with Crippen molar-refractivity contribution in [1.82, 2.24) is 5.32 Å². The van der Waals surface area contributed by atoms with Crippen LogP contribution in [-0.4, -0.2) is 23.2 Å². The second-order valence-electron chi connectivity index (χ2n) is 4.63. The van der Waals surface area contributed by atoms with E-state index in [1.807, 2.05) is 6.07 Å². The van der Waals surface area contributed by atoms with Crippen LogP contribution >= 0.6 is 23.2 Å². The molecule has 18 heavy (non-hydrogen) atoms. The van der Waals surface area contributed by atoms with Gasteiger partial charge in [0.15, 0.2) is 0 Å². The summed E-state index contributed by atoms with van der Waals surface area (Å²) in [6, 6.07) is 5.15. The second-order valence-corrected chi connectivity index (χ2v) is 5.47. The number of benzene rings is 1. The predicted molar refractivity (Wildman–Crippen MR) is 72.4 cm³/mol. The number of rotatable bonds is 3. The highest BCUT2D eigenvalue weighted by Crippen LogP contribution is 2.24. The minimum absolute atomic E-state index is 0.165. The molecule has 98 valence electrons. The maximum absolute atomic E-state index is 11.0. The van der Waals surface area contributed by atoms with Gasteiger partial charge in [-0.25, -0.2) is 0 Å². The first kappa shape index (κ1) is 13.7. The fourth-order valence-electron chi connectivity index (χ4n) is 2.33. The second kappa shape index (κ2) is 5.91. The van der Waals surface area contributed by atoms with Gasteiger partial charge < -0.3 is 10.4 Å². The van der Waals surface area contributed by atoms with E-state index in [2.05, 4.69) is 5.32 Å².